The number of rotatable bonds is 2. The van der Waals surface area contributed by atoms with Gasteiger partial charge in [-0.05, 0) is 45.3 Å². The van der Waals surface area contributed by atoms with Crippen LogP contribution in [0.4, 0.5) is 0 Å². The molecule has 0 aromatic heterocycles. The zero-order valence-electron chi connectivity index (χ0n) is 12.1. The minimum Gasteiger partial charge on any atom is -0.303 e. The highest BCUT2D eigenvalue weighted by atomic mass is 15.2. The van der Waals surface area contributed by atoms with Crippen LogP contribution in [-0.4, -0.2) is 37.7 Å². The lowest BCUT2D eigenvalue weighted by Crippen LogP contribution is -2.53. The maximum atomic E-state index is 3.67. The summed E-state index contributed by atoms with van der Waals surface area (Å²) in [4.78, 5) is 2.43. The zero-order valence-corrected chi connectivity index (χ0v) is 12.1. The van der Waals surface area contributed by atoms with E-state index >= 15 is 0 Å². The Morgan fingerprint density at radius 1 is 1.00 bits per heavy atom. The van der Waals surface area contributed by atoms with E-state index in [9.17, 15) is 0 Å². The van der Waals surface area contributed by atoms with Crippen LogP contribution in [0.15, 0.2) is 30.3 Å². The van der Waals surface area contributed by atoms with Gasteiger partial charge in [-0.15, -0.1) is 0 Å². The lowest BCUT2D eigenvalue weighted by Gasteiger charge is -2.49. The Bertz CT molecular complexity index is 411. The van der Waals surface area contributed by atoms with Gasteiger partial charge in [0.1, 0.15) is 0 Å². The number of hydrogen-bond acceptors (Lipinski definition) is 3. The van der Waals surface area contributed by atoms with Crippen molar-refractivity contribution in [2.24, 2.45) is 0 Å². The topological polar surface area (TPSA) is 27.3 Å². The van der Waals surface area contributed by atoms with Gasteiger partial charge < -0.3 is 5.32 Å². The third-order valence-corrected chi connectivity index (χ3v) is 5.25. The molecule has 1 heterocycles. The Hall–Kier alpha value is -0.900. The standard InChI is InChI=1S/C16H25N3/c1-19(2)16(14-6-4-3-5-7-14)10-8-15(9-11-16)12-17-13-18-15/h3-7,17-18H,8-13H2,1-2H3/t15-,16+. The summed E-state index contributed by atoms with van der Waals surface area (Å²) in [5.74, 6) is 0. The normalized spacial score (nSPS) is 35.1. The molecule has 1 saturated heterocycles. The van der Waals surface area contributed by atoms with Crippen molar-refractivity contribution >= 4 is 0 Å². The maximum absolute atomic E-state index is 3.67. The van der Waals surface area contributed by atoms with E-state index in [0.29, 0.717) is 5.54 Å². The summed E-state index contributed by atoms with van der Waals surface area (Å²) in [6.45, 7) is 2.10. The second-order valence-corrected chi connectivity index (χ2v) is 6.35. The summed E-state index contributed by atoms with van der Waals surface area (Å²) in [7, 11) is 4.46. The number of benzene rings is 1. The van der Waals surface area contributed by atoms with Crippen LogP contribution in [0.5, 0.6) is 0 Å². The van der Waals surface area contributed by atoms with E-state index in [-0.39, 0.29) is 5.54 Å². The molecule has 1 spiro atoms. The Morgan fingerprint density at radius 2 is 1.68 bits per heavy atom. The largest absolute Gasteiger partial charge is 0.303 e. The van der Waals surface area contributed by atoms with Crippen LogP contribution in [-0.2, 0) is 5.54 Å². The molecule has 0 radical (unpaired) electrons. The van der Waals surface area contributed by atoms with E-state index < -0.39 is 0 Å². The number of nitrogens with zero attached hydrogens (tertiary/aromatic N) is 1. The van der Waals surface area contributed by atoms with Gasteiger partial charge in [-0.1, -0.05) is 30.3 Å². The molecule has 3 rings (SSSR count). The second-order valence-electron chi connectivity index (χ2n) is 6.35. The van der Waals surface area contributed by atoms with Crippen LogP contribution < -0.4 is 10.6 Å². The predicted molar refractivity (Wildman–Crippen MR) is 79.0 cm³/mol. The van der Waals surface area contributed by atoms with E-state index in [4.69, 9.17) is 0 Å². The first-order chi connectivity index (χ1) is 9.17. The molecule has 1 aromatic carbocycles. The van der Waals surface area contributed by atoms with Crippen LogP contribution in [0.3, 0.4) is 0 Å². The van der Waals surface area contributed by atoms with Gasteiger partial charge >= 0.3 is 0 Å². The summed E-state index contributed by atoms with van der Waals surface area (Å²) >= 11 is 0. The zero-order chi connectivity index (χ0) is 13.3. The third-order valence-electron chi connectivity index (χ3n) is 5.25. The van der Waals surface area contributed by atoms with E-state index in [2.05, 4.69) is 60.0 Å². The summed E-state index contributed by atoms with van der Waals surface area (Å²) in [6, 6.07) is 11.0. The van der Waals surface area contributed by atoms with E-state index in [1.807, 2.05) is 0 Å². The second kappa shape index (κ2) is 4.89. The monoisotopic (exact) mass is 259 g/mol. The third kappa shape index (κ3) is 2.20. The molecule has 0 amide bonds. The molecule has 2 N–H and O–H groups in total. The maximum Gasteiger partial charge on any atom is 0.0459 e. The molecule has 3 nitrogen and oxygen atoms in total. The molecule has 1 saturated carbocycles. The molecule has 1 aromatic rings. The first kappa shape index (κ1) is 13.1. The molecule has 104 valence electrons. The Labute approximate surface area is 116 Å². The highest BCUT2D eigenvalue weighted by molar-refractivity contribution is 5.26. The van der Waals surface area contributed by atoms with Gasteiger partial charge in [0.25, 0.3) is 0 Å². The smallest absolute Gasteiger partial charge is 0.0459 e. The average Bonchev–Trinajstić information content (AvgIpc) is 2.89. The average molecular weight is 259 g/mol. The fourth-order valence-electron chi connectivity index (χ4n) is 3.85. The Morgan fingerprint density at radius 3 is 2.21 bits per heavy atom. The van der Waals surface area contributed by atoms with Crippen molar-refractivity contribution < 1.29 is 0 Å². The van der Waals surface area contributed by atoms with Gasteiger partial charge in [-0.3, -0.25) is 10.2 Å². The summed E-state index contributed by atoms with van der Waals surface area (Å²) < 4.78 is 0. The lowest BCUT2D eigenvalue weighted by atomic mass is 9.69. The van der Waals surface area contributed by atoms with Crippen molar-refractivity contribution in [3.05, 3.63) is 35.9 Å². The van der Waals surface area contributed by atoms with Crippen molar-refractivity contribution in [3.63, 3.8) is 0 Å². The van der Waals surface area contributed by atoms with Gasteiger partial charge in [0.05, 0.1) is 0 Å². The van der Waals surface area contributed by atoms with Crippen LogP contribution in [0.1, 0.15) is 31.2 Å². The molecule has 1 aliphatic heterocycles. The first-order valence-electron chi connectivity index (χ1n) is 7.36. The molecule has 19 heavy (non-hydrogen) atoms. The van der Waals surface area contributed by atoms with Gasteiger partial charge in [0, 0.05) is 24.3 Å². The lowest BCUT2D eigenvalue weighted by molar-refractivity contribution is 0.0643. The molecule has 3 heteroatoms. The molecule has 0 atom stereocenters. The minimum absolute atomic E-state index is 0.219. The number of hydrogen-bond donors (Lipinski definition) is 2. The molecule has 0 bridgehead atoms. The molecule has 0 unspecified atom stereocenters. The summed E-state index contributed by atoms with van der Waals surface area (Å²) in [6.07, 6.45) is 4.98. The van der Waals surface area contributed by atoms with Crippen molar-refractivity contribution in [2.45, 2.75) is 36.8 Å². The highest BCUT2D eigenvalue weighted by Gasteiger charge is 2.45. The summed E-state index contributed by atoms with van der Waals surface area (Å²) in [5, 5.41) is 7.12. The SMILES string of the molecule is CN(C)[C@]1(c2ccccc2)CC[C@]2(CC1)CNCN2. The van der Waals surface area contributed by atoms with E-state index in [1.165, 1.54) is 31.2 Å². The van der Waals surface area contributed by atoms with Gasteiger partial charge in [-0.2, -0.15) is 0 Å². The van der Waals surface area contributed by atoms with Crippen molar-refractivity contribution in [1.29, 1.82) is 0 Å². The number of nitrogens with one attached hydrogen (secondary N) is 2. The van der Waals surface area contributed by atoms with Crippen molar-refractivity contribution in [1.82, 2.24) is 15.5 Å². The predicted octanol–water partition coefficient (Wildman–Crippen LogP) is 1.91. The fourth-order valence-corrected chi connectivity index (χ4v) is 3.85. The van der Waals surface area contributed by atoms with Crippen molar-refractivity contribution in [3.8, 4) is 0 Å². The van der Waals surface area contributed by atoms with Crippen molar-refractivity contribution in [2.75, 3.05) is 27.3 Å². The molecule has 2 fully saturated rings. The van der Waals surface area contributed by atoms with Crippen LogP contribution in [0.2, 0.25) is 0 Å². The van der Waals surface area contributed by atoms with E-state index in [1.54, 1.807) is 0 Å². The minimum atomic E-state index is 0.219. The molecule has 2 aliphatic rings. The first-order valence-corrected chi connectivity index (χ1v) is 7.36. The van der Waals surface area contributed by atoms with Crippen LogP contribution in [0, 0.1) is 0 Å². The highest BCUT2D eigenvalue weighted by Crippen LogP contribution is 2.44. The Balaban J connectivity index is 1.85. The van der Waals surface area contributed by atoms with Crippen LogP contribution in [0.25, 0.3) is 0 Å². The molecule has 1 aliphatic carbocycles. The Kier molecular flexibility index (Phi) is 3.37. The van der Waals surface area contributed by atoms with Gasteiger partial charge in [-0.25, -0.2) is 0 Å². The van der Waals surface area contributed by atoms with Crippen LogP contribution >= 0.6 is 0 Å². The van der Waals surface area contributed by atoms with Gasteiger partial charge in [0.2, 0.25) is 0 Å². The fraction of sp³-hybridized carbons (Fsp3) is 0.625. The summed E-state index contributed by atoms with van der Waals surface area (Å²) in [5.41, 5.74) is 2.05. The van der Waals surface area contributed by atoms with Gasteiger partial charge in [0.15, 0.2) is 0 Å². The van der Waals surface area contributed by atoms with E-state index in [0.717, 1.165) is 13.2 Å². The molecular weight excluding hydrogens is 234 g/mol. The molecular formula is C16H25N3. The quantitative estimate of drug-likeness (QED) is 0.849.